The molecule has 3 aromatic carbocycles. The van der Waals surface area contributed by atoms with Crippen LogP contribution in [0.15, 0.2) is 109 Å². The molecule has 2 amide bonds. The van der Waals surface area contributed by atoms with E-state index in [2.05, 4.69) is 24.6 Å². The van der Waals surface area contributed by atoms with Crippen molar-refractivity contribution in [1.82, 2.24) is 10.2 Å². The molecular formula is C50H61N3O11. The summed E-state index contributed by atoms with van der Waals surface area (Å²) in [5, 5.41) is 27.6. The van der Waals surface area contributed by atoms with E-state index in [0.29, 0.717) is 54.5 Å². The Kier molecular flexibility index (Phi) is 16.0. The van der Waals surface area contributed by atoms with Crippen LogP contribution in [0.2, 0.25) is 0 Å². The van der Waals surface area contributed by atoms with Gasteiger partial charge < -0.3 is 48.8 Å². The molecule has 14 heteroatoms. The van der Waals surface area contributed by atoms with Gasteiger partial charge in [0, 0.05) is 44.2 Å². The number of unbranched alkanes of at least 4 members (excludes halogenated alkanes) is 2. The summed E-state index contributed by atoms with van der Waals surface area (Å²) in [6.45, 7) is 10.8. The summed E-state index contributed by atoms with van der Waals surface area (Å²) in [6, 6.07) is 19.9. The highest BCUT2D eigenvalue weighted by Crippen LogP contribution is 2.62. The summed E-state index contributed by atoms with van der Waals surface area (Å²) in [7, 11) is 0. The lowest BCUT2D eigenvalue weighted by Gasteiger charge is -2.59. The zero-order chi connectivity index (χ0) is 44.9. The quantitative estimate of drug-likeness (QED) is 0.0503. The molecule has 6 atom stereocenters. The third-order valence-electron chi connectivity index (χ3n) is 12.4. The van der Waals surface area contributed by atoms with Gasteiger partial charge in [-0.1, -0.05) is 72.6 Å². The van der Waals surface area contributed by atoms with Gasteiger partial charge in [-0.15, -0.1) is 13.2 Å². The number of hydrogen-bond acceptors (Lipinski definition) is 12. The second kappa shape index (κ2) is 22.2. The van der Waals surface area contributed by atoms with Gasteiger partial charge >= 0.3 is 12.2 Å². The van der Waals surface area contributed by atoms with E-state index < -0.39 is 29.9 Å². The predicted molar refractivity (Wildman–Crippen MR) is 240 cm³/mol. The van der Waals surface area contributed by atoms with Crippen LogP contribution in [0.3, 0.4) is 0 Å². The lowest BCUT2D eigenvalue weighted by Crippen LogP contribution is -2.70. The second-order valence-corrected chi connectivity index (χ2v) is 16.5. The van der Waals surface area contributed by atoms with Crippen LogP contribution >= 0.6 is 0 Å². The molecule has 0 radical (unpaired) electrons. The summed E-state index contributed by atoms with van der Waals surface area (Å²) in [4.78, 5) is 35.5. The van der Waals surface area contributed by atoms with Crippen LogP contribution in [0.4, 0.5) is 9.59 Å². The van der Waals surface area contributed by atoms with Crippen molar-refractivity contribution in [2.45, 2.75) is 89.2 Å². The number of oxime groups is 1. The van der Waals surface area contributed by atoms with Crippen LogP contribution < -0.4 is 24.3 Å². The van der Waals surface area contributed by atoms with Crippen molar-refractivity contribution in [3.05, 3.63) is 120 Å². The van der Waals surface area contributed by atoms with Crippen molar-refractivity contribution < 1.29 is 53.1 Å². The molecule has 1 saturated carbocycles. The molecule has 2 heterocycles. The zero-order valence-corrected chi connectivity index (χ0v) is 36.7. The number of fused-ring (bicyclic) bond motifs is 3. The molecule has 2 aliphatic carbocycles. The fraction of sp³-hybridized carbons (Fsp3) is 0.460. The minimum absolute atomic E-state index is 0.00184. The van der Waals surface area contributed by atoms with Crippen LogP contribution in [-0.2, 0) is 27.5 Å². The predicted octanol–water partition coefficient (Wildman–Crippen LogP) is 8.57. The molecule has 14 nitrogen and oxygen atoms in total. The first-order chi connectivity index (χ1) is 31.3. The molecule has 1 fully saturated rings. The van der Waals surface area contributed by atoms with Gasteiger partial charge in [0.25, 0.3) is 0 Å². The van der Waals surface area contributed by atoms with Crippen LogP contribution in [0.5, 0.6) is 23.0 Å². The second-order valence-electron chi connectivity index (χ2n) is 16.5. The molecule has 4 aliphatic rings. The van der Waals surface area contributed by atoms with E-state index in [4.69, 9.17) is 38.4 Å². The molecule has 0 saturated heterocycles. The Balaban J connectivity index is 1.45. The number of carbonyl (C=O) groups is 2. The number of ether oxygens (including phenoxy) is 6. The maximum atomic E-state index is 14.8. The summed E-state index contributed by atoms with van der Waals surface area (Å²) >= 11 is 0. The Morgan fingerprint density at radius 3 is 2.48 bits per heavy atom. The Bertz CT molecular complexity index is 2140. The lowest BCUT2D eigenvalue weighted by atomic mass is 9.55. The maximum absolute atomic E-state index is 14.8. The van der Waals surface area contributed by atoms with Gasteiger partial charge in [0.2, 0.25) is 12.6 Å². The first-order valence-electron chi connectivity index (χ1n) is 22.5. The first-order valence-corrected chi connectivity index (χ1v) is 22.5. The van der Waals surface area contributed by atoms with E-state index in [1.54, 1.807) is 29.2 Å². The zero-order valence-electron chi connectivity index (χ0n) is 36.7. The lowest BCUT2D eigenvalue weighted by molar-refractivity contribution is -0.256. The molecule has 2 aliphatic heterocycles. The molecular weight excluding hydrogens is 819 g/mol. The highest BCUT2D eigenvalue weighted by atomic mass is 16.7. The van der Waals surface area contributed by atoms with Gasteiger partial charge in [0.15, 0.2) is 11.5 Å². The molecule has 0 aromatic heterocycles. The average Bonchev–Trinajstić information content (AvgIpc) is 3.78. The van der Waals surface area contributed by atoms with Crippen LogP contribution in [0.1, 0.15) is 80.9 Å². The van der Waals surface area contributed by atoms with Gasteiger partial charge in [-0.3, -0.25) is 4.90 Å². The summed E-state index contributed by atoms with van der Waals surface area (Å²) in [5.74, 6) is -0.470. The van der Waals surface area contributed by atoms with Crippen molar-refractivity contribution in [2.24, 2.45) is 22.9 Å². The Morgan fingerprint density at radius 2 is 1.72 bits per heavy atom. The average molecular weight is 880 g/mol. The van der Waals surface area contributed by atoms with Gasteiger partial charge in [0.05, 0.1) is 24.8 Å². The third kappa shape index (κ3) is 10.4. The normalized spacial score (nSPS) is 23.1. The van der Waals surface area contributed by atoms with Crippen molar-refractivity contribution in [1.29, 1.82) is 0 Å². The van der Waals surface area contributed by atoms with E-state index in [1.807, 2.05) is 61.5 Å². The number of carbonyl (C=O) groups excluding carboxylic acids is 2. The standard InChI is InChI=1S/C50H61N3O11/c1-4-7-26-58-49(57)53(31-35-19-21-43-44(27-35)60-33-59-43)45-30-41(52-62-32-34-15-9-8-10-16-34)39-28-36(17-11-13-23-54)38(18-12-14-24-55)46-40-29-37(63-48(56)51-6-3)20-22-42(40)64-50(45,47(39)46)61-25-5-2/h4-5,8-10,15-16,19-22,27-29,36,38,45-47,54-55H,1-2,6-7,11-14,17-18,23-26,30-33H2,3H3,(H,51,56)/t36-,38+,45-,46+,47+,50+/m0/s1. The summed E-state index contributed by atoms with van der Waals surface area (Å²) < 4.78 is 37.6. The van der Waals surface area contributed by atoms with Crippen molar-refractivity contribution >= 4 is 17.9 Å². The minimum Gasteiger partial charge on any atom is -0.459 e. The number of rotatable bonds is 22. The van der Waals surface area contributed by atoms with Crippen LogP contribution in [0.25, 0.3) is 0 Å². The Labute approximate surface area is 375 Å². The molecule has 342 valence electrons. The number of allylic oxidation sites excluding steroid dienone is 1. The molecule has 3 aromatic rings. The number of hydrogen-bond donors (Lipinski definition) is 3. The number of nitrogens with one attached hydrogen (secondary N) is 1. The highest BCUT2D eigenvalue weighted by molar-refractivity contribution is 6.03. The van der Waals surface area contributed by atoms with Gasteiger partial charge in [0.1, 0.15) is 24.1 Å². The monoisotopic (exact) mass is 879 g/mol. The number of nitrogens with zero attached hydrogens (tertiary/aromatic N) is 2. The number of aliphatic hydroxyl groups is 2. The number of benzene rings is 3. The van der Waals surface area contributed by atoms with E-state index >= 15 is 0 Å². The third-order valence-corrected chi connectivity index (χ3v) is 12.4. The van der Waals surface area contributed by atoms with Crippen molar-refractivity contribution in [3.63, 3.8) is 0 Å². The van der Waals surface area contributed by atoms with Gasteiger partial charge in [-0.05, 0) is 97.9 Å². The minimum atomic E-state index is -1.54. The fourth-order valence-electron chi connectivity index (χ4n) is 9.61. The molecule has 0 unspecified atom stereocenters. The molecule has 3 N–H and O–H groups in total. The SMILES string of the molecule is C=CCCOC(=O)N(Cc1ccc2c(c1)OCO2)[C@H]1CC(=NOCc2ccccc2)C2=C[C@H](CCCCO)[C@@H](CCCCO)[C@@H]3c4cc(OC(=O)NCC)ccc4O[C@@]1(OCC=C)[C@H]23. The molecule has 7 rings (SSSR count). The van der Waals surface area contributed by atoms with Gasteiger partial charge in [-0.25, -0.2) is 9.59 Å². The maximum Gasteiger partial charge on any atom is 0.412 e. The van der Waals surface area contributed by atoms with Crippen LogP contribution in [-0.4, -0.2) is 84.6 Å². The molecule has 0 bridgehead atoms. The van der Waals surface area contributed by atoms with Crippen LogP contribution in [0, 0.1) is 17.8 Å². The molecule has 64 heavy (non-hydrogen) atoms. The van der Waals surface area contributed by atoms with Gasteiger partial charge in [-0.2, -0.15) is 0 Å². The van der Waals surface area contributed by atoms with Crippen molar-refractivity contribution in [2.75, 3.05) is 39.8 Å². The summed E-state index contributed by atoms with van der Waals surface area (Å²) in [6.07, 6.45) is 9.37. The van der Waals surface area contributed by atoms with E-state index in [0.717, 1.165) is 47.9 Å². The largest absolute Gasteiger partial charge is 0.459 e. The van der Waals surface area contributed by atoms with Crippen molar-refractivity contribution in [3.8, 4) is 23.0 Å². The fourth-order valence-corrected chi connectivity index (χ4v) is 9.61. The Morgan fingerprint density at radius 1 is 0.938 bits per heavy atom. The Hall–Kier alpha value is -5.83. The number of aliphatic hydroxyl groups excluding tert-OH is 2. The summed E-state index contributed by atoms with van der Waals surface area (Å²) in [5.41, 5.74) is 4.02. The van der Waals surface area contributed by atoms with E-state index in [1.165, 1.54) is 0 Å². The highest BCUT2D eigenvalue weighted by Gasteiger charge is 2.65. The number of amides is 2. The topological polar surface area (TPSA) is 167 Å². The molecule has 0 spiro atoms. The first kappa shape index (κ1) is 46.2. The smallest absolute Gasteiger partial charge is 0.412 e. The van der Waals surface area contributed by atoms with E-state index in [-0.39, 0.29) is 70.5 Å². The van der Waals surface area contributed by atoms with E-state index in [9.17, 15) is 19.8 Å².